The van der Waals surface area contributed by atoms with Crippen molar-refractivity contribution in [1.29, 1.82) is 0 Å². The zero-order chi connectivity index (χ0) is 42.2. The summed E-state index contributed by atoms with van der Waals surface area (Å²) >= 11 is 6.19. The number of pyridine rings is 2. The number of ether oxygens (including phenoxy) is 1. The number of alkyl halides is 4. The highest BCUT2D eigenvalue weighted by molar-refractivity contribution is 6.29. The predicted octanol–water partition coefficient (Wildman–Crippen LogP) is 9.15. The van der Waals surface area contributed by atoms with Crippen molar-refractivity contribution < 1.29 is 27.1 Å². The van der Waals surface area contributed by atoms with Gasteiger partial charge in [-0.05, 0) is 138 Å². The van der Waals surface area contributed by atoms with Crippen molar-refractivity contribution in [1.82, 2.24) is 39.7 Å². The van der Waals surface area contributed by atoms with E-state index in [9.17, 15) is 22.4 Å². The van der Waals surface area contributed by atoms with Crippen LogP contribution in [0.5, 0.6) is 0 Å². The highest BCUT2D eigenvalue weighted by atomic mass is 35.5. The van der Waals surface area contributed by atoms with Crippen LogP contribution in [0.2, 0.25) is 5.15 Å². The molecule has 0 atom stereocenters. The van der Waals surface area contributed by atoms with Crippen LogP contribution >= 0.6 is 24.0 Å². The third-order valence-corrected chi connectivity index (χ3v) is 11.8. The molecule has 8 rings (SSSR count). The van der Waals surface area contributed by atoms with Crippen LogP contribution in [-0.4, -0.2) is 97.7 Å². The number of halogens is 6. The van der Waals surface area contributed by atoms with Crippen LogP contribution in [0.3, 0.4) is 0 Å². The normalized spacial score (nSPS) is 19.9. The molecule has 2 saturated heterocycles. The van der Waals surface area contributed by atoms with E-state index in [1.807, 2.05) is 50.5 Å². The zero-order valence-electron chi connectivity index (χ0n) is 34.6. The number of nitrogens with one attached hydrogen (secondary N) is 2. The first-order valence-corrected chi connectivity index (χ1v) is 21.1. The molecule has 0 spiro atoms. The minimum atomic E-state index is -2.51. The standard InChI is InChI=1S/C20H27F2N5.C16H19ClN4O2.C6H11F2N.ClH/c1-14-6-11-27(26-14)19-13-16(15-4-9-23-10-5-15)12-18(25-19)24-17-2-7-20(21,22)8-3-17;1-11-3-8-21(19-11)15-10-13(9-14(17)18-15)12-4-6-20(7-5-12)16(22)23-2;7-6(8)3-1-5(9)2-4-6;/h6,11-13,15,17,23H,2-5,7-10H2,1H3,(H,24,25);3,8-10,12H,4-7H2,1-2H3;5H,1-4,9H2;1H. The number of carbonyl (C=O) groups excluding carboxylic acids is 1. The van der Waals surface area contributed by atoms with E-state index >= 15 is 0 Å². The fourth-order valence-electron chi connectivity index (χ4n) is 8.04. The second-order valence-electron chi connectivity index (χ2n) is 16.3. The van der Waals surface area contributed by atoms with Gasteiger partial charge >= 0.3 is 6.09 Å². The number of carbonyl (C=O) groups is 1. The molecule has 4 aromatic rings. The molecule has 12 nitrogen and oxygen atoms in total. The molecule has 2 saturated carbocycles. The smallest absolute Gasteiger partial charge is 0.409 e. The summed E-state index contributed by atoms with van der Waals surface area (Å²) in [5.74, 6) is -1.83. The van der Waals surface area contributed by atoms with E-state index in [2.05, 4.69) is 37.9 Å². The van der Waals surface area contributed by atoms with Gasteiger partial charge in [-0.3, -0.25) is 0 Å². The van der Waals surface area contributed by atoms with Crippen LogP contribution in [0, 0.1) is 13.8 Å². The fraction of sp³-hybridized carbons (Fsp3) is 0.595. The number of amides is 1. The first kappa shape index (κ1) is 47.1. The minimum absolute atomic E-state index is 0. The number of hydrogen-bond donors (Lipinski definition) is 3. The molecule has 4 N–H and O–H groups in total. The van der Waals surface area contributed by atoms with Crippen molar-refractivity contribution in [3.63, 3.8) is 0 Å². The second-order valence-corrected chi connectivity index (χ2v) is 16.6. The van der Waals surface area contributed by atoms with Crippen molar-refractivity contribution in [2.24, 2.45) is 5.73 Å². The van der Waals surface area contributed by atoms with E-state index < -0.39 is 11.8 Å². The number of nitrogens with two attached hydrogens (primary N) is 1. The van der Waals surface area contributed by atoms with Gasteiger partial charge in [-0.15, -0.1) is 12.4 Å². The molecule has 2 aliphatic heterocycles. The first-order chi connectivity index (χ1) is 28.1. The maximum atomic E-state index is 13.5. The number of rotatable bonds is 6. The number of likely N-dealkylation sites (tertiary alicyclic amines) is 1. The molecule has 0 radical (unpaired) electrons. The van der Waals surface area contributed by atoms with Crippen molar-refractivity contribution in [2.45, 2.75) is 127 Å². The maximum Gasteiger partial charge on any atom is 0.409 e. The van der Waals surface area contributed by atoms with Gasteiger partial charge in [0.2, 0.25) is 11.8 Å². The van der Waals surface area contributed by atoms with Gasteiger partial charge in [-0.2, -0.15) is 10.2 Å². The summed E-state index contributed by atoms with van der Waals surface area (Å²) in [7, 11) is 1.41. The molecule has 60 heavy (non-hydrogen) atoms. The average Bonchev–Trinajstić information content (AvgIpc) is 3.88. The van der Waals surface area contributed by atoms with Gasteiger partial charge in [0, 0.05) is 63.3 Å². The third-order valence-electron chi connectivity index (χ3n) is 11.6. The van der Waals surface area contributed by atoms with Crippen molar-refractivity contribution in [3.8, 4) is 11.6 Å². The minimum Gasteiger partial charge on any atom is -0.453 e. The molecule has 4 fully saturated rings. The highest BCUT2D eigenvalue weighted by Crippen LogP contribution is 2.36. The summed E-state index contributed by atoms with van der Waals surface area (Å²) in [5, 5.41) is 16.1. The Hall–Kier alpha value is -3.99. The summed E-state index contributed by atoms with van der Waals surface area (Å²) < 4.78 is 59.8. The molecule has 2 aliphatic carbocycles. The lowest BCUT2D eigenvalue weighted by Crippen LogP contribution is -2.37. The summed E-state index contributed by atoms with van der Waals surface area (Å²) in [5.41, 5.74) is 9.68. The van der Waals surface area contributed by atoms with Gasteiger partial charge < -0.3 is 26.0 Å². The SMILES string of the molecule is COC(=O)N1CCC(c2cc(Cl)nc(-n3ccc(C)n3)c2)CC1.Cc1ccn(-c2cc(C3CCNCC3)cc(NC3CCC(F)(F)CC3)n2)n1.Cl.NC1CCC(F)(F)CC1. The quantitative estimate of drug-likeness (QED) is 0.128. The van der Waals surface area contributed by atoms with Crippen molar-refractivity contribution in [2.75, 3.05) is 38.6 Å². The lowest BCUT2D eigenvalue weighted by Gasteiger charge is -2.31. The van der Waals surface area contributed by atoms with Crippen LogP contribution in [0.4, 0.5) is 28.2 Å². The molecular weight excluding hydrogens is 823 g/mol. The highest BCUT2D eigenvalue weighted by Gasteiger charge is 2.35. The Labute approximate surface area is 360 Å². The molecule has 0 aromatic carbocycles. The monoisotopic (exact) mass is 880 g/mol. The Morgan fingerprint density at radius 1 is 0.783 bits per heavy atom. The number of piperidine rings is 2. The van der Waals surface area contributed by atoms with E-state index in [-0.39, 0.29) is 56.3 Å². The molecular formula is C42H58Cl2F4N10O2. The number of anilines is 1. The maximum absolute atomic E-state index is 13.5. The van der Waals surface area contributed by atoms with Crippen LogP contribution in [0.1, 0.15) is 111 Å². The molecule has 4 aliphatic rings. The molecule has 6 heterocycles. The molecule has 0 bridgehead atoms. The predicted molar refractivity (Wildman–Crippen MR) is 227 cm³/mol. The first-order valence-electron chi connectivity index (χ1n) is 20.7. The topological polar surface area (TPSA) is 141 Å². The van der Waals surface area contributed by atoms with Crippen LogP contribution in [0.15, 0.2) is 48.8 Å². The number of aromatic nitrogens is 6. The third kappa shape index (κ3) is 13.5. The van der Waals surface area contributed by atoms with E-state index in [1.54, 1.807) is 14.3 Å². The van der Waals surface area contributed by atoms with Gasteiger partial charge in [-0.1, -0.05) is 11.6 Å². The fourth-order valence-corrected chi connectivity index (χ4v) is 8.25. The largest absolute Gasteiger partial charge is 0.453 e. The van der Waals surface area contributed by atoms with Crippen LogP contribution in [-0.2, 0) is 4.74 Å². The lowest BCUT2D eigenvalue weighted by atomic mass is 9.90. The Kier molecular flexibility index (Phi) is 16.6. The number of methoxy groups -OCH3 is 1. The van der Waals surface area contributed by atoms with Gasteiger partial charge in [0.25, 0.3) is 0 Å². The zero-order valence-corrected chi connectivity index (χ0v) is 36.1. The molecule has 18 heteroatoms. The molecule has 330 valence electrons. The average molecular weight is 882 g/mol. The molecule has 4 aromatic heterocycles. The Morgan fingerprint density at radius 2 is 1.28 bits per heavy atom. The Balaban J connectivity index is 0.000000188. The number of aryl methyl sites for hydroxylation is 2. The van der Waals surface area contributed by atoms with E-state index in [1.165, 1.54) is 12.7 Å². The summed E-state index contributed by atoms with van der Waals surface area (Å²) in [4.78, 5) is 22.4. The number of nitrogens with zero attached hydrogens (tertiary/aromatic N) is 7. The second kappa shape index (κ2) is 21.2. The van der Waals surface area contributed by atoms with Gasteiger partial charge in [-0.25, -0.2) is 41.7 Å². The van der Waals surface area contributed by atoms with E-state index in [0.717, 1.165) is 73.2 Å². The Bertz CT molecular complexity index is 1960. The molecule has 0 unspecified atom stereocenters. The van der Waals surface area contributed by atoms with E-state index in [4.69, 9.17) is 27.1 Å². The van der Waals surface area contributed by atoms with Crippen molar-refractivity contribution in [3.05, 3.63) is 76.5 Å². The van der Waals surface area contributed by atoms with Gasteiger partial charge in [0.15, 0.2) is 11.6 Å². The number of hydrogen-bond acceptors (Lipinski definition) is 9. The summed E-state index contributed by atoms with van der Waals surface area (Å²) in [6.07, 6.45) is 9.24. The summed E-state index contributed by atoms with van der Waals surface area (Å²) in [6, 6.07) is 12.1. The lowest BCUT2D eigenvalue weighted by molar-refractivity contribution is -0.0377. The molecule has 1 amide bonds. The Morgan fingerprint density at radius 3 is 1.78 bits per heavy atom. The van der Waals surface area contributed by atoms with Crippen molar-refractivity contribution >= 4 is 35.9 Å². The summed E-state index contributed by atoms with van der Waals surface area (Å²) in [6.45, 7) is 7.30. The van der Waals surface area contributed by atoms with Gasteiger partial charge in [0.05, 0.1) is 18.5 Å². The van der Waals surface area contributed by atoms with E-state index in [0.29, 0.717) is 55.8 Å². The van der Waals surface area contributed by atoms with Crippen LogP contribution in [0.25, 0.3) is 11.6 Å². The van der Waals surface area contributed by atoms with Crippen LogP contribution < -0.4 is 16.4 Å². The van der Waals surface area contributed by atoms with Gasteiger partial charge in [0.1, 0.15) is 11.0 Å².